The minimum absolute atomic E-state index is 0.0439. The van der Waals surface area contributed by atoms with E-state index in [1.807, 2.05) is 26.0 Å². The van der Waals surface area contributed by atoms with Gasteiger partial charge in [-0.05, 0) is 0 Å². The SMILES string of the molecule is CC(CNN(C)C)C(N)=NO. The van der Waals surface area contributed by atoms with E-state index in [-0.39, 0.29) is 11.8 Å². The average Bonchev–Trinajstić information content (AvgIpc) is 1.98. The fourth-order valence-corrected chi connectivity index (χ4v) is 0.523. The molecule has 0 aliphatic rings. The molecule has 1 atom stereocenters. The van der Waals surface area contributed by atoms with Crippen molar-refractivity contribution in [1.82, 2.24) is 10.4 Å². The van der Waals surface area contributed by atoms with Gasteiger partial charge in [0.2, 0.25) is 0 Å². The Morgan fingerprint density at radius 1 is 1.73 bits per heavy atom. The Labute approximate surface area is 66.8 Å². The number of oxime groups is 1. The Bertz CT molecular complexity index is 135. The maximum Gasteiger partial charge on any atom is 0.143 e. The van der Waals surface area contributed by atoms with Crippen molar-refractivity contribution in [2.75, 3.05) is 20.6 Å². The Morgan fingerprint density at radius 3 is 2.64 bits per heavy atom. The zero-order valence-corrected chi connectivity index (χ0v) is 7.20. The van der Waals surface area contributed by atoms with Crippen LogP contribution >= 0.6 is 0 Å². The van der Waals surface area contributed by atoms with Gasteiger partial charge in [0, 0.05) is 26.6 Å². The summed E-state index contributed by atoms with van der Waals surface area (Å²) in [5.41, 5.74) is 8.37. The minimum Gasteiger partial charge on any atom is -0.409 e. The lowest BCUT2D eigenvalue weighted by Gasteiger charge is -2.15. The van der Waals surface area contributed by atoms with Gasteiger partial charge >= 0.3 is 0 Å². The molecule has 5 nitrogen and oxygen atoms in total. The highest BCUT2D eigenvalue weighted by Crippen LogP contribution is 1.91. The summed E-state index contributed by atoms with van der Waals surface area (Å²) < 4.78 is 0. The first-order valence-corrected chi connectivity index (χ1v) is 3.46. The molecule has 4 N–H and O–H groups in total. The number of hydrogen-bond acceptors (Lipinski definition) is 4. The monoisotopic (exact) mass is 160 g/mol. The average molecular weight is 160 g/mol. The molecule has 0 bridgehead atoms. The Hall–Kier alpha value is -0.810. The van der Waals surface area contributed by atoms with Crippen LogP contribution in [-0.4, -0.2) is 36.7 Å². The Kier molecular flexibility index (Phi) is 4.56. The Morgan fingerprint density at radius 2 is 2.27 bits per heavy atom. The van der Waals surface area contributed by atoms with Crippen molar-refractivity contribution in [3.05, 3.63) is 0 Å². The van der Waals surface area contributed by atoms with Crippen LogP contribution in [-0.2, 0) is 0 Å². The molecule has 0 amide bonds. The highest BCUT2D eigenvalue weighted by Gasteiger charge is 2.06. The molecule has 0 aromatic rings. The molecule has 0 aromatic carbocycles. The van der Waals surface area contributed by atoms with Gasteiger partial charge in [-0.25, -0.2) is 0 Å². The lowest BCUT2D eigenvalue weighted by atomic mass is 10.2. The molecule has 0 aliphatic carbocycles. The fourth-order valence-electron chi connectivity index (χ4n) is 0.523. The lowest BCUT2D eigenvalue weighted by Crippen LogP contribution is -2.38. The third-order valence-corrected chi connectivity index (χ3v) is 1.33. The van der Waals surface area contributed by atoms with Gasteiger partial charge in [0.05, 0.1) is 0 Å². The van der Waals surface area contributed by atoms with E-state index in [0.717, 1.165) is 0 Å². The summed E-state index contributed by atoms with van der Waals surface area (Å²) >= 11 is 0. The van der Waals surface area contributed by atoms with E-state index in [1.54, 1.807) is 0 Å². The van der Waals surface area contributed by atoms with Crippen molar-refractivity contribution < 1.29 is 5.21 Å². The predicted octanol–water partition coefficient (Wildman–Crippen LogP) is -0.565. The minimum atomic E-state index is 0.0439. The molecular weight excluding hydrogens is 144 g/mol. The molecule has 11 heavy (non-hydrogen) atoms. The summed E-state index contributed by atoms with van der Waals surface area (Å²) in [5, 5.41) is 13.0. The molecule has 0 rings (SSSR count). The summed E-state index contributed by atoms with van der Waals surface area (Å²) in [6, 6.07) is 0. The molecule has 0 saturated carbocycles. The summed E-state index contributed by atoms with van der Waals surface area (Å²) in [6.45, 7) is 2.55. The van der Waals surface area contributed by atoms with Crippen LogP contribution in [0.25, 0.3) is 0 Å². The second-order valence-electron chi connectivity index (χ2n) is 2.68. The largest absolute Gasteiger partial charge is 0.409 e. The van der Waals surface area contributed by atoms with Crippen LogP contribution in [0, 0.1) is 5.92 Å². The van der Waals surface area contributed by atoms with E-state index in [0.29, 0.717) is 6.54 Å². The smallest absolute Gasteiger partial charge is 0.143 e. The topological polar surface area (TPSA) is 73.9 Å². The highest BCUT2D eigenvalue weighted by atomic mass is 16.4. The summed E-state index contributed by atoms with van der Waals surface area (Å²) in [6.07, 6.45) is 0. The summed E-state index contributed by atoms with van der Waals surface area (Å²) in [7, 11) is 3.78. The molecule has 66 valence electrons. The standard InChI is InChI=1S/C6H16N4O/c1-5(6(7)9-11)4-8-10(2)3/h5,8,11H,4H2,1-3H3,(H2,7,9). The molecule has 0 aliphatic heterocycles. The van der Waals surface area contributed by atoms with Crippen LogP contribution in [0.5, 0.6) is 0 Å². The van der Waals surface area contributed by atoms with Gasteiger partial charge in [-0.3, -0.25) is 10.4 Å². The predicted molar refractivity (Wildman–Crippen MR) is 44.3 cm³/mol. The van der Waals surface area contributed by atoms with E-state index in [1.165, 1.54) is 0 Å². The number of nitrogens with one attached hydrogen (secondary N) is 1. The molecule has 1 unspecified atom stereocenters. The van der Waals surface area contributed by atoms with Crippen molar-refractivity contribution in [2.45, 2.75) is 6.92 Å². The molecule has 0 spiro atoms. The summed E-state index contributed by atoms with van der Waals surface area (Å²) in [5.74, 6) is 0.293. The third-order valence-electron chi connectivity index (χ3n) is 1.33. The Balaban J connectivity index is 3.61. The fraction of sp³-hybridized carbons (Fsp3) is 0.833. The van der Waals surface area contributed by atoms with Crippen LogP contribution in [0.15, 0.2) is 5.16 Å². The molecule has 5 heteroatoms. The van der Waals surface area contributed by atoms with Crippen molar-refractivity contribution >= 4 is 5.84 Å². The number of nitrogens with zero attached hydrogens (tertiary/aromatic N) is 2. The van der Waals surface area contributed by atoms with Crippen LogP contribution < -0.4 is 11.2 Å². The first-order valence-electron chi connectivity index (χ1n) is 3.46. The van der Waals surface area contributed by atoms with Crippen molar-refractivity contribution in [1.29, 1.82) is 0 Å². The van der Waals surface area contributed by atoms with E-state index >= 15 is 0 Å². The van der Waals surface area contributed by atoms with Gasteiger partial charge in [-0.1, -0.05) is 12.1 Å². The van der Waals surface area contributed by atoms with Crippen molar-refractivity contribution in [3.63, 3.8) is 0 Å². The molecule has 0 saturated heterocycles. The van der Waals surface area contributed by atoms with Gasteiger partial charge in [0.15, 0.2) is 0 Å². The van der Waals surface area contributed by atoms with Gasteiger partial charge < -0.3 is 10.9 Å². The van der Waals surface area contributed by atoms with Crippen LogP contribution in [0.3, 0.4) is 0 Å². The number of nitrogens with two attached hydrogens (primary N) is 1. The van der Waals surface area contributed by atoms with Crippen LogP contribution in [0.1, 0.15) is 6.92 Å². The second kappa shape index (κ2) is 4.92. The zero-order chi connectivity index (χ0) is 8.85. The normalized spacial score (nSPS) is 15.5. The molecule has 0 aromatic heterocycles. The van der Waals surface area contributed by atoms with Crippen molar-refractivity contribution in [2.24, 2.45) is 16.8 Å². The molecular formula is C6H16N4O. The van der Waals surface area contributed by atoms with E-state index in [2.05, 4.69) is 10.6 Å². The van der Waals surface area contributed by atoms with Crippen molar-refractivity contribution in [3.8, 4) is 0 Å². The van der Waals surface area contributed by atoms with E-state index in [4.69, 9.17) is 10.9 Å². The van der Waals surface area contributed by atoms with Gasteiger partial charge in [-0.15, -0.1) is 0 Å². The first-order chi connectivity index (χ1) is 5.07. The number of rotatable bonds is 4. The van der Waals surface area contributed by atoms with Gasteiger partial charge in [0.1, 0.15) is 5.84 Å². The highest BCUT2D eigenvalue weighted by molar-refractivity contribution is 5.81. The molecule has 0 heterocycles. The second-order valence-corrected chi connectivity index (χ2v) is 2.68. The quantitative estimate of drug-likeness (QED) is 0.223. The number of hydrogen-bond donors (Lipinski definition) is 3. The van der Waals surface area contributed by atoms with E-state index in [9.17, 15) is 0 Å². The maximum atomic E-state index is 8.29. The summed E-state index contributed by atoms with van der Waals surface area (Å²) in [4.78, 5) is 0. The lowest BCUT2D eigenvalue weighted by molar-refractivity contribution is 0.276. The molecule has 0 fully saturated rings. The number of hydrazine groups is 1. The van der Waals surface area contributed by atoms with Crippen LogP contribution in [0.2, 0.25) is 0 Å². The zero-order valence-electron chi connectivity index (χ0n) is 7.20. The number of amidine groups is 1. The maximum absolute atomic E-state index is 8.29. The van der Waals surface area contributed by atoms with Gasteiger partial charge in [0.25, 0.3) is 0 Å². The van der Waals surface area contributed by atoms with E-state index < -0.39 is 0 Å². The van der Waals surface area contributed by atoms with Crippen LogP contribution in [0.4, 0.5) is 0 Å². The first kappa shape index (κ1) is 10.2. The molecule has 0 radical (unpaired) electrons. The third kappa shape index (κ3) is 4.58. The van der Waals surface area contributed by atoms with Gasteiger partial charge in [-0.2, -0.15) is 0 Å².